The number of aromatic nitrogens is 1. The molecule has 1 aliphatic carbocycles. The minimum Gasteiger partial charge on any atom is -0.478 e. The normalized spacial score (nSPS) is 16.1. The van der Waals surface area contributed by atoms with E-state index in [4.69, 9.17) is 5.84 Å². The van der Waals surface area contributed by atoms with Crippen LogP contribution in [-0.2, 0) is 19.4 Å². The highest BCUT2D eigenvalue weighted by Crippen LogP contribution is 2.45. The lowest BCUT2D eigenvalue weighted by Gasteiger charge is -2.29. The van der Waals surface area contributed by atoms with Gasteiger partial charge in [0.2, 0.25) is 0 Å². The molecule has 2 heterocycles. The number of aromatic carboxylic acids is 1. The number of hydrogen-bond donors (Lipinski definition) is 3. The van der Waals surface area contributed by atoms with Crippen LogP contribution in [0.3, 0.4) is 0 Å². The topological polar surface area (TPSA) is 88.2 Å². The molecule has 23 heavy (non-hydrogen) atoms. The van der Waals surface area contributed by atoms with Gasteiger partial charge in [0.05, 0.1) is 16.1 Å². The molecule has 0 aliphatic heterocycles. The number of aryl methyl sites for hydroxylation is 1. The number of fused-ring (bicyclic) bond motifs is 1. The lowest BCUT2D eigenvalue weighted by molar-refractivity contribution is 0.0696. The van der Waals surface area contributed by atoms with Crippen molar-refractivity contribution >= 4 is 17.3 Å². The summed E-state index contributed by atoms with van der Waals surface area (Å²) in [6.07, 6.45) is 4.52. The van der Waals surface area contributed by atoms with E-state index in [1.807, 2.05) is 12.1 Å². The lowest BCUT2D eigenvalue weighted by Crippen LogP contribution is -2.22. The fourth-order valence-electron chi connectivity index (χ4n) is 3.21. The highest BCUT2D eigenvalue weighted by atomic mass is 32.1. The van der Waals surface area contributed by atoms with Crippen LogP contribution in [0, 0.1) is 5.41 Å². The minimum atomic E-state index is -0.868. The summed E-state index contributed by atoms with van der Waals surface area (Å²) in [6.45, 7) is 4.85. The Kier molecular flexibility index (Phi) is 4.23. The van der Waals surface area contributed by atoms with Gasteiger partial charge in [-0.3, -0.25) is 16.3 Å². The largest absolute Gasteiger partial charge is 0.478 e. The summed E-state index contributed by atoms with van der Waals surface area (Å²) in [7, 11) is 0. The summed E-state index contributed by atoms with van der Waals surface area (Å²) in [5.74, 6) is 4.58. The average Bonchev–Trinajstić information content (AvgIpc) is 2.85. The van der Waals surface area contributed by atoms with Crippen molar-refractivity contribution in [3.63, 3.8) is 0 Å². The summed E-state index contributed by atoms with van der Waals surface area (Å²) in [6, 6.07) is 3.77. The summed E-state index contributed by atoms with van der Waals surface area (Å²) in [4.78, 5) is 18.3. The van der Waals surface area contributed by atoms with E-state index in [0.717, 1.165) is 41.0 Å². The first-order valence-corrected chi connectivity index (χ1v) is 8.50. The van der Waals surface area contributed by atoms with Gasteiger partial charge in [0.15, 0.2) is 0 Å². The SMILES string of the molecule is CC1(C)CCc2sc(-c3ncccc3CNN)c(C(=O)O)c2C1. The number of thiophene rings is 1. The summed E-state index contributed by atoms with van der Waals surface area (Å²) >= 11 is 1.57. The second-order valence-corrected chi connectivity index (χ2v) is 7.85. The second kappa shape index (κ2) is 6.03. The molecule has 1 aliphatic rings. The first kappa shape index (κ1) is 16.1. The number of pyridine rings is 1. The number of carbonyl (C=O) groups is 1. The number of hydrogen-bond acceptors (Lipinski definition) is 5. The molecule has 5 nitrogen and oxygen atoms in total. The van der Waals surface area contributed by atoms with Gasteiger partial charge in [0.1, 0.15) is 0 Å². The van der Waals surface area contributed by atoms with Crippen LogP contribution in [0.15, 0.2) is 18.3 Å². The molecule has 2 aromatic heterocycles. The fourth-order valence-corrected chi connectivity index (χ4v) is 4.55. The van der Waals surface area contributed by atoms with E-state index in [9.17, 15) is 9.90 Å². The highest BCUT2D eigenvalue weighted by Gasteiger charge is 2.33. The predicted molar refractivity (Wildman–Crippen MR) is 91.3 cm³/mol. The van der Waals surface area contributed by atoms with E-state index in [1.54, 1.807) is 17.5 Å². The number of nitrogens with zero attached hydrogens (tertiary/aromatic N) is 1. The molecular weight excluding hydrogens is 310 g/mol. The van der Waals surface area contributed by atoms with E-state index in [2.05, 4.69) is 24.3 Å². The maximum atomic E-state index is 11.9. The van der Waals surface area contributed by atoms with Gasteiger partial charge in [0.25, 0.3) is 0 Å². The van der Waals surface area contributed by atoms with E-state index in [1.165, 1.54) is 4.88 Å². The van der Waals surface area contributed by atoms with Gasteiger partial charge < -0.3 is 5.11 Å². The zero-order chi connectivity index (χ0) is 16.6. The Morgan fingerprint density at radius 2 is 2.30 bits per heavy atom. The quantitative estimate of drug-likeness (QED) is 0.592. The molecule has 3 rings (SSSR count). The van der Waals surface area contributed by atoms with E-state index < -0.39 is 5.97 Å². The standard InChI is InChI=1S/C17H21N3O2S/c1-17(2)6-5-12-11(8-17)13(16(21)22)15(23-12)14-10(9-20-18)4-3-7-19-14/h3-4,7,20H,5-6,8-9,18H2,1-2H3,(H,21,22). The van der Waals surface area contributed by atoms with Crippen molar-refractivity contribution in [2.75, 3.05) is 0 Å². The molecule has 0 spiro atoms. The molecule has 2 aromatic rings. The number of hydrazine groups is 1. The average molecular weight is 331 g/mol. The number of carboxylic acids is 1. The van der Waals surface area contributed by atoms with Crippen molar-refractivity contribution < 1.29 is 9.90 Å². The first-order valence-electron chi connectivity index (χ1n) is 7.68. The van der Waals surface area contributed by atoms with E-state index in [-0.39, 0.29) is 5.41 Å². The third-order valence-corrected chi connectivity index (χ3v) is 5.69. The Bertz CT molecular complexity index is 752. The molecule has 0 unspecified atom stereocenters. The molecule has 0 amide bonds. The van der Waals surface area contributed by atoms with Crippen molar-refractivity contribution in [1.29, 1.82) is 0 Å². The van der Waals surface area contributed by atoms with Gasteiger partial charge in [-0.25, -0.2) is 4.79 Å². The number of nitrogens with two attached hydrogens (primary N) is 1. The maximum absolute atomic E-state index is 11.9. The molecule has 0 radical (unpaired) electrons. The van der Waals surface area contributed by atoms with Crippen molar-refractivity contribution in [1.82, 2.24) is 10.4 Å². The zero-order valence-corrected chi connectivity index (χ0v) is 14.2. The van der Waals surface area contributed by atoms with Crippen LogP contribution in [0.4, 0.5) is 0 Å². The smallest absolute Gasteiger partial charge is 0.337 e. The molecule has 0 saturated heterocycles. The van der Waals surface area contributed by atoms with E-state index >= 15 is 0 Å². The second-order valence-electron chi connectivity index (χ2n) is 6.75. The zero-order valence-electron chi connectivity index (χ0n) is 13.3. The van der Waals surface area contributed by atoms with Crippen LogP contribution in [0.25, 0.3) is 10.6 Å². The number of rotatable bonds is 4. The monoisotopic (exact) mass is 331 g/mol. The lowest BCUT2D eigenvalue weighted by atomic mass is 9.76. The third kappa shape index (κ3) is 3.02. The minimum absolute atomic E-state index is 0.140. The Morgan fingerprint density at radius 3 is 3.00 bits per heavy atom. The Labute approximate surface area is 139 Å². The molecule has 6 heteroatoms. The third-order valence-electron chi connectivity index (χ3n) is 4.39. The van der Waals surface area contributed by atoms with Gasteiger partial charge >= 0.3 is 5.97 Å². The summed E-state index contributed by atoms with van der Waals surface area (Å²) in [5.41, 5.74) is 5.83. The molecule has 0 atom stereocenters. The van der Waals surface area contributed by atoms with Gasteiger partial charge in [-0.05, 0) is 41.9 Å². The van der Waals surface area contributed by atoms with Gasteiger partial charge in [-0.1, -0.05) is 19.9 Å². The molecule has 0 fully saturated rings. The van der Waals surface area contributed by atoms with Gasteiger partial charge in [0, 0.05) is 17.6 Å². The number of nitrogens with one attached hydrogen (secondary N) is 1. The molecule has 0 aromatic carbocycles. The molecule has 122 valence electrons. The van der Waals surface area contributed by atoms with Crippen LogP contribution >= 0.6 is 11.3 Å². The molecular formula is C17H21N3O2S. The Hall–Kier alpha value is -1.76. The molecule has 4 N–H and O–H groups in total. The molecule has 0 saturated carbocycles. The van der Waals surface area contributed by atoms with E-state index in [0.29, 0.717) is 12.1 Å². The van der Waals surface area contributed by atoms with Crippen molar-refractivity contribution in [2.24, 2.45) is 11.3 Å². The van der Waals surface area contributed by atoms with Crippen LogP contribution in [0.5, 0.6) is 0 Å². The van der Waals surface area contributed by atoms with Gasteiger partial charge in [-0.2, -0.15) is 0 Å². The highest BCUT2D eigenvalue weighted by molar-refractivity contribution is 7.16. The summed E-state index contributed by atoms with van der Waals surface area (Å²) < 4.78 is 0. The van der Waals surface area contributed by atoms with Gasteiger partial charge in [-0.15, -0.1) is 11.3 Å². The maximum Gasteiger partial charge on any atom is 0.337 e. The molecule has 0 bridgehead atoms. The van der Waals surface area contributed by atoms with Crippen LogP contribution in [-0.4, -0.2) is 16.1 Å². The van der Waals surface area contributed by atoms with Crippen molar-refractivity contribution in [3.05, 3.63) is 39.9 Å². The number of carboxylic acid groups (broad SMARTS) is 1. The fraction of sp³-hybridized carbons (Fsp3) is 0.412. The van der Waals surface area contributed by atoms with Crippen molar-refractivity contribution in [2.45, 2.75) is 39.7 Å². The van der Waals surface area contributed by atoms with Crippen LogP contribution in [0.1, 0.15) is 46.6 Å². The van der Waals surface area contributed by atoms with Crippen LogP contribution in [0.2, 0.25) is 0 Å². The Morgan fingerprint density at radius 1 is 1.52 bits per heavy atom. The summed E-state index contributed by atoms with van der Waals surface area (Å²) in [5, 5.41) is 9.80. The first-order chi connectivity index (χ1) is 10.9. The van der Waals surface area contributed by atoms with Crippen molar-refractivity contribution in [3.8, 4) is 10.6 Å². The predicted octanol–water partition coefficient (Wildman–Crippen LogP) is 2.99. The Balaban J connectivity index is 2.18. The van der Waals surface area contributed by atoms with Crippen LogP contribution < -0.4 is 11.3 Å².